The molecule has 6 nitrogen and oxygen atoms in total. The zero-order valence-corrected chi connectivity index (χ0v) is 14.4. The van der Waals surface area contributed by atoms with Crippen LogP contribution < -0.4 is 9.47 Å². The van der Waals surface area contributed by atoms with Crippen molar-refractivity contribution in [2.45, 2.75) is 24.8 Å². The van der Waals surface area contributed by atoms with Gasteiger partial charge in [-0.2, -0.15) is 8.42 Å². The molecule has 0 aliphatic heterocycles. The monoisotopic (exact) mass is 350 g/mol. The van der Waals surface area contributed by atoms with Gasteiger partial charge in [0.25, 0.3) is 10.1 Å². The van der Waals surface area contributed by atoms with Crippen molar-refractivity contribution < 1.29 is 26.9 Å². The minimum Gasteiger partial charge on any atom is -0.493 e. The Bertz CT molecular complexity index is 811. The van der Waals surface area contributed by atoms with Crippen LogP contribution in [0.4, 0.5) is 0 Å². The van der Waals surface area contributed by atoms with Gasteiger partial charge in [0, 0.05) is 0 Å². The number of ether oxygens (including phenoxy) is 2. The smallest absolute Gasteiger partial charge is 0.342 e. The summed E-state index contributed by atoms with van der Waals surface area (Å²) in [6.07, 6.45) is -1.30. The van der Waals surface area contributed by atoms with Gasteiger partial charge >= 0.3 is 5.97 Å². The zero-order chi connectivity index (χ0) is 17.7. The number of benzene rings is 2. The van der Waals surface area contributed by atoms with Crippen molar-refractivity contribution in [1.29, 1.82) is 0 Å². The molecule has 0 N–H and O–H groups in total. The lowest BCUT2D eigenvalue weighted by Crippen LogP contribution is -2.28. The number of carbonyl (C=O) groups excluding carboxylic acids is 1. The van der Waals surface area contributed by atoms with Gasteiger partial charge in [-0.25, -0.2) is 4.79 Å². The summed E-state index contributed by atoms with van der Waals surface area (Å²) in [6, 6.07) is 12.7. The molecule has 0 aliphatic carbocycles. The van der Waals surface area contributed by atoms with Crippen molar-refractivity contribution >= 4 is 16.1 Å². The van der Waals surface area contributed by atoms with E-state index in [9.17, 15) is 13.2 Å². The molecule has 0 saturated carbocycles. The Kier molecular flexibility index (Phi) is 5.58. The summed E-state index contributed by atoms with van der Waals surface area (Å²) in [5, 5.41) is 0. The van der Waals surface area contributed by atoms with Crippen LogP contribution >= 0.6 is 0 Å². The van der Waals surface area contributed by atoms with Crippen LogP contribution in [0, 0.1) is 6.92 Å². The Morgan fingerprint density at radius 2 is 1.58 bits per heavy atom. The van der Waals surface area contributed by atoms with Crippen LogP contribution in [0.1, 0.15) is 12.5 Å². The molecule has 0 spiro atoms. The number of esters is 1. The quantitative estimate of drug-likeness (QED) is 0.453. The summed E-state index contributed by atoms with van der Waals surface area (Å²) in [5.41, 5.74) is 0.914. The van der Waals surface area contributed by atoms with Crippen molar-refractivity contribution in [2.24, 2.45) is 0 Å². The predicted octanol–water partition coefficient (Wildman–Crippen LogP) is 2.70. The second-order valence-corrected chi connectivity index (χ2v) is 6.65. The standard InChI is InChI=1S/C17H18O6S/c1-12-8-10-14(11-9-12)24(19,20)23-13(2)17(18)22-16-7-5-4-6-15(16)21-3/h4-11,13H,1-3H3. The highest BCUT2D eigenvalue weighted by atomic mass is 32.2. The molecule has 0 fully saturated rings. The van der Waals surface area contributed by atoms with E-state index in [0.717, 1.165) is 5.56 Å². The SMILES string of the molecule is COc1ccccc1OC(=O)C(C)OS(=O)(=O)c1ccc(C)cc1. The van der Waals surface area contributed by atoms with E-state index in [2.05, 4.69) is 0 Å². The molecule has 2 aromatic carbocycles. The first-order valence-corrected chi connectivity index (χ1v) is 8.59. The van der Waals surface area contributed by atoms with E-state index in [-0.39, 0.29) is 10.6 Å². The first kappa shape index (κ1) is 18.0. The van der Waals surface area contributed by atoms with Crippen LogP contribution in [0.5, 0.6) is 11.5 Å². The lowest BCUT2D eigenvalue weighted by atomic mass is 10.2. The average Bonchev–Trinajstić information content (AvgIpc) is 2.55. The molecule has 7 heteroatoms. The number of hydrogen-bond donors (Lipinski definition) is 0. The largest absolute Gasteiger partial charge is 0.493 e. The molecule has 0 bridgehead atoms. The maximum atomic E-state index is 12.2. The second kappa shape index (κ2) is 7.46. The number of methoxy groups -OCH3 is 1. The van der Waals surface area contributed by atoms with E-state index in [0.29, 0.717) is 5.75 Å². The van der Waals surface area contributed by atoms with Crippen LogP contribution in [0.15, 0.2) is 53.4 Å². The molecule has 2 rings (SSSR count). The molecular formula is C17H18O6S. The highest BCUT2D eigenvalue weighted by Crippen LogP contribution is 2.26. The molecule has 0 aromatic heterocycles. The molecule has 1 atom stereocenters. The van der Waals surface area contributed by atoms with Crippen molar-refractivity contribution in [2.75, 3.05) is 7.11 Å². The highest BCUT2D eigenvalue weighted by Gasteiger charge is 2.26. The summed E-state index contributed by atoms with van der Waals surface area (Å²) in [4.78, 5) is 12.1. The summed E-state index contributed by atoms with van der Waals surface area (Å²) in [6.45, 7) is 3.15. The summed E-state index contributed by atoms with van der Waals surface area (Å²) in [5.74, 6) is -0.289. The molecule has 0 aliphatic rings. The van der Waals surface area contributed by atoms with E-state index in [4.69, 9.17) is 13.7 Å². The second-order valence-electron chi connectivity index (χ2n) is 5.08. The summed E-state index contributed by atoms with van der Waals surface area (Å²) >= 11 is 0. The molecular weight excluding hydrogens is 332 g/mol. The lowest BCUT2D eigenvalue weighted by molar-refractivity contribution is -0.141. The number of rotatable bonds is 6. The van der Waals surface area contributed by atoms with Gasteiger partial charge in [-0.05, 0) is 38.1 Å². The molecule has 0 radical (unpaired) electrons. The van der Waals surface area contributed by atoms with Crippen molar-refractivity contribution in [3.05, 3.63) is 54.1 Å². The van der Waals surface area contributed by atoms with Gasteiger partial charge in [0.2, 0.25) is 0 Å². The summed E-state index contributed by atoms with van der Waals surface area (Å²) < 4.78 is 39.5. The fourth-order valence-electron chi connectivity index (χ4n) is 1.88. The fourth-order valence-corrected chi connectivity index (χ4v) is 2.92. The normalized spacial score (nSPS) is 12.5. The van der Waals surface area contributed by atoms with Crippen LogP contribution in [-0.4, -0.2) is 27.6 Å². The maximum Gasteiger partial charge on any atom is 0.342 e. The lowest BCUT2D eigenvalue weighted by Gasteiger charge is -2.14. The van der Waals surface area contributed by atoms with Gasteiger partial charge in [0.05, 0.1) is 12.0 Å². The topological polar surface area (TPSA) is 78.9 Å². The van der Waals surface area contributed by atoms with Gasteiger partial charge in [0.1, 0.15) is 0 Å². The van der Waals surface area contributed by atoms with Crippen LogP contribution in [-0.2, 0) is 19.1 Å². The third-order valence-electron chi connectivity index (χ3n) is 3.19. The Labute approximate surface area is 141 Å². The van der Waals surface area contributed by atoms with E-state index < -0.39 is 22.2 Å². The minimum absolute atomic E-state index is 0.0231. The molecule has 0 saturated heterocycles. The first-order chi connectivity index (χ1) is 11.3. The van der Waals surface area contributed by atoms with Crippen LogP contribution in [0.3, 0.4) is 0 Å². The highest BCUT2D eigenvalue weighted by molar-refractivity contribution is 7.86. The van der Waals surface area contributed by atoms with E-state index in [1.807, 2.05) is 6.92 Å². The molecule has 1 unspecified atom stereocenters. The third kappa shape index (κ3) is 4.33. The van der Waals surface area contributed by atoms with Crippen LogP contribution in [0.25, 0.3) is 0 Å². The fraction of sp³-hybridized carbons (Fsp3) is 0.235. The van der Waals surface area contributed by atoms with Gasteiger partial charge < -0.3 is 9.47 Å². The Morgan fingerprint density at radius 3 is 2.17 bits per heavy atom. The van der Waals surface area contributed by atoms with E-state index in [1.54, 1.807) is 30.3 Å². The number of hydrogen-bond acceptors (Lipinski definition) is 6. The summed E-state index contributed by atoms with van der Waals surface area (Å²) in [7, 11) is -2.62. The number of carbonyl (C=O) groups is 1. The zero-order valence-electron chi connectivity index (χ0n) is 13.6. The van der Waals surface area contributed by atoms with Gasteiger partial charge in [-0.15, -0.1) is 0 Å². The molecule has 24 heavy (non-hydrogen) atoms. The molecule has 0 heterocycles. The Balaban J connectivity index is 2.09. The predicted molar refractivity (Wildman–Crippen MR) is 87.5 cm³/mol. The molecule has 128 valence electrons. The number of para-hydroxylation sites is 2. The van der Waals surface area contributed by atoms with Gasteiger partial charge in [0.15, 0.2) is 17.6 Å². The third-order valence-corrected chi connectivity index (χ3v) is 4.58. The molecule has 0 amide bonds. The average molecular weight is 350 g/mol. The van der Waals surface area contributed by atoms with Gasteiger partial charge in [-0.3, -0.25) is 4.18 Å². The Morgan fingerprint density at radius 1 is 1.00 bits per heavy atom. The Hall–Kier alpha value is -2.38. The van der Waals surface area contributed by atoms with Crippen molar-refractivity contribution in [3.8, 4) is 11.5 Å². The van der Waals surface area contributed by atoms with E-state index in [1.165, 1.54) is 32.2 Å². The van der Waals surface area contributed by atoms with E-state index >= 15 is 0 Å². The number of aryl methyl sites for hydroxylation is 1. The van der Waals surface area contributed by atoms with Crippen LogP contribution in [0.2, 0.25) is 0 Å². The van der Waals surface area contributed by atoms with Crippen molar-refractivity contribution in [3.63, 3.8) is 0 Å². The van der Waals surface area contributed by atoms with Crippen molar-refractivity contribution in [1.82, 2.24) is 0 Å². The maximum absolute atomic E-state index is 12.2. The minimum atomic E-state index is -4.06. The molecule has 2 aromatic rings. The first-order valence-electron chi connectivity index (χ1n) is 7.18. The van der Waals surface area contributed by atoms with Gasteiger partial charge in [-0.1, -0.05) is 29.8 Å².